The van der Waals surface area contributed by atoms with E-state index >= 15 is 0 Å². The summed E-state index contributed by atoms with van der Waals surface area (Å²) < 4.78 is 3.57. The van der Waals surface area contributed by atoms with Crippen molar-refractivity contribution in [3.05, 3.63) is 0 Å². The molecule has 3 N–H and O–H groups in total. The quantitative estimate of drug-likeness (QED) is 0.391. The van der Waals surface area contributed by atoms with E-state index in [0.717, 1.165) is 0 Å². The highest BCUT2D eigenvalue weighted by molar-refractivity contribution is 6.70. The highest BCUT2D eigenvalue weighted by Crippen LogP contribution is 1.85. The molecular weight excluding hydrogens is 146 g/mol. The van der Waals surface area contributed by atoms with Crippen LogP contribution in [0.15, 0.2) is 0 Å². The monoisotopic (exact) mass is 161 g/mol. The van der Waals surface area contributed by atoms with Gasteiger partial charge in [-0.2, -0.15) is 0 Å². The smallest absolute Gasteiger partial charge is 0.176 e. The van der Waals surface area contributed by atoms with Crippen molar-refractivity contribution in [3.63, 3.8) is 0 Å². The second kappa shape index (κ2) is 2.93. The van der Waals surface area contributed by atoms with Crippen LogP contribution in [0.3, 0.4) is 0 Å². The molecule has 0 amide bonds. The van der Waals surface area contributed by atoms with Gasteiger partial charge >= 0.3 is 0 Å². The maximum absolute atomic E-state index is 3.57. The predicted octanol–water partition coefficient (Wildman–Crippen LogP) is -1.18. The third-order valence-electron chi connectivity index (χ3n) is 1.50. The number of hydrogen-bond acceptors (Lipinski definition) is 3. The molecule has 1 aliphatic heterocycles. The largest absolute Gasteiger partial charge is 0.340 e. The standard InChI is InChI=1S/C4H15N3Si2/c1-4-5-8(2)7-9(3)6-4/h4-9H,1-3H3. The van der Waals surface area contributed by atoms with E-state index in [4.69, 9.17) is 0 Å². The van der Waals surface area contributed by atoms with E-state index in [1.165, 1.54) is 0 Å². The van der Waals surface area contributed by atoms with Gasteiger partial charge in [-0.3, -0.25) is 0 Å². The highest BCUT2D eigenvalue weighted by Gasteiger charge is 2.19. The van der Waals surface area contributed by atoms with Crippen LogP contribution in [0, 0.1) is 0 Å². The molecule has 54 valence electrons. The van der Waals surface area contributed by atoms with E-state index < -0.39 is 18.2 Å². The van der Waals surface area contributed by atoms with Crippen LogP contribution in [0.5, 0.6) is 0 Å². The normalized spacial score (nSPS) is 45.0. The Kier molecular flexibility index (Phi) is 2.42. The first-order valence-electron chi connectivity index (χ1n) is 3.46. The fourth-order valence-electron chi connectivity index (χ4n) is 1.27. The van der Waals surface area contributed by atoms with Crippen molar-refractivity contribution in [2.24, 2.45) is 0 Å². The molecule has 0 spiro atoms. The van der Waals surface area contributed by atoms with Crippen molar-refractivity contribution >= 4 is 18.2 Å². The van der Waals surface area contributed by atoms with Crippen LogP contribution in [0.4, 0.5) is 0 Å². The Labute approximate surface area is 59.8 Å². The first-order valence-corrected chi connectivity index (χ1v) is 8.08. The summed E-state index contributed by atoms with van der Waals surface area (Å²) in [6, 6.07) is 0. The van der Waals surface area contributed by atoms with Gasteiger partial charge in [0.25, 0.3) is 0 Å². The summed E-state index contributed by atoms with van der Waals surface area (Å²) in [6.07, 6.45) is 0.551. The van der Waals surface area contributed by atoms with Crippen LogP contribution in [-0.4, -0.2) is 24.4 Å². The number of rotatable bonds is 0. The summed E-state index contributed by atoms with van der Waals surface area (Å²) in [5.74, 6) is 0. The Hall–Kier alpha value is 0.314. The van der Waals surface area contributed by atoms with Crippen molar-refractivity contribution in [1.82, 2.24) is 14.6 Å². The molecule has 1 saturated heterocycles. The van der Waals surface area contributed by atoms with Crippen LogP contribution < -0.4 is 14.6 Å². The zero-order chi connectivity index (χ0) is 6.85. The second-order valence-electron chi connectivity index (χ2n) is 2.67. The molecular formula is C4H15N3Si2. The van der Waals surface area contributed by atoms with E-state index in [-0.39, 0.29) is 0 Å². The average molecular weight is 161 g/mol. The zero-order valence-corrected chi connectivity index (χ0v) is 8.54. The third-order valence-corrected chi connectivity index (χ3v) is 7.50. The van der Waals surface area contributed by atoms with Crippen molar-refractivity contribution in [3.8, 4) is 0 Å². The number of nitrogens with one attached hydrogen (secondary N) is 3. The van der Waals surface area contributed by atoms with Gasteiger partial charge in [0, 0.05) is 6.17 Å². The van der Waals surface area contributed by atoms with Crippen molar-refractivity contribution in [1.29, 1.82) is 0 Å². The third kappa shape index (κ3) is 2.19. The predicted molar refractivity (Wildman–Crippen MR) is 44.9 cm³/mol. The molecule has 1 rings (SSSR count). The lowest BCUT2D eigenvalue weighted by Crippen LogP contribution is -2.69. The topological polar surface area (TPSA) is 36.1 Å². The molecule has 0 aliphatic carbocycles. The van der Waals surface area contributed by atoms with E-state index in [1.807, 2.05) is 0 Å². The maximum atomic E-state index is 3.57. The minimum Gasteiger partial charge on any atom is -0.340 e. The lowest BCUT2D eigenvalue weighted by molar-refractivity contribution is 0.617. The van der Waals surface area contributed by atoms with Gasteiger partial charge in [0.1, 0.15) is 0 Å². The molecule has 1 fully saturated rings. The van der Waals surface area contributed by atoms with E-state index in [2.05, 4.69) is 34.6 Å². The van der Waals surface area contributed by atoms with Gasteiger partial charge in [-0.05, 0) is 20.0 Å². The van der Waals surface area contributed by atoms with Gasteiger partial charge in [0.2, 0.25) is 0 Å². The van der Waals surface area contributed by atoms with Crippen LogP contribution in [0.1, 0.15) is 6.92 Å². The first-order chi connectivity index (χ1) is 4.18. The van der Waals surface area contributed by atoms with Crippen LogP contribution in [0.2, 0.25) is 13.1 Å². The Morgan fingerprint density at radius 2 is 1.56 bits per heavy atom. The minimum atomic E-state index is -0.711. The van der Waals surface area contributed by atoms with Gasteiger partial charge in [-0.15, -0.1) is 0 Å². The van der Waals surface area contributed by atoms with E-state index in [9.17, 15) is 0 Å². The molecule has 3 nitrogen and oxygen atoms in total. The Morgan fingerprint density at radius 3 is 1.89 bits per heavy atom. The summed E-state index contributed by atoms with van der Waals surface area (Å²) in [5.41, 5.74) is 0. The van der Waals surface area contributed by atoms with Gasteiger partial charge in [-0.1, -0.05) is 0 Å². The van der Waals surface area contributed by atoms with Crippen molar-refractivity contribution < 1.29 is 0 Å². The molecule has 5 heteroatoms. The highest BCUT2D eigenvalue weighted by atomic mass is 28.4. The van der Waals surface area contributed by atoms with Crippen LogP contribution >= 0.6 is 0 Å². The lowest BCUT2D eigenvalue weighted by atomic mass is 10.7. The molecule has 0 bridgehead atoms. The fraction of sp³-hybridized carbons (Fsp3) is 1.00. The molecule has 0 aromatic rings. The van der Waals surface area contributed by atoms with Gasteiger partial charge in [-0.25, -0.2) is 0 Å². The van der Waals surface area contributed by atoms with Gasteiger partial charge < -0.3 is 14.6 Å². The number of hydrogen-bond donors (Lipinski definition) is 3. The maximum Gasteiger partial charge on any atom is 0.176 e. The molecule has 0 saturated carbocycles. The SMILES string of the molecule is CC1N[SiH](C)N[SiH](C)N1. The van der Waals surface area contributed by atoms with Crippen LogP contribution in [-0.2, 0) is 0 Å². The summed E-state index contributed by atoms with van der Waals surface area (Å²) in [7, 11) is -1.42. The molecule has 1 aliphatic rings. The van der Waals surface area contributed by atoms with Crippen LogP contribution in [0.25, 0.3) is 0 Å². The summed E-state index contributed by atoms with van der Waals surface area (Å²) in [5, 5.41) is 0. The van der Waals surface area contributed by atoms with E-state index in [0.29, 0.717) is 6.17 Å². The van der Waals surface area contributed by atoms with Crippen molar-refractivity contribution in [2.75, 3.05) is 0 Å². The molecule has 2 atom stereocenters. The fourth-order valence-corrected chi connectivity index (χ4v) is 6.92. The van der Waals surface area contributed by atoms with Gasteiger partial charge in [0.05, 0.1) is 0 Å². The molecule has 2 unspecified atom stereocenters. The Balaban J connectivity index is 2.34. The minimum absolute atomic E-state index is 0.551. The first kappa shape index (κ1) is 7.42. The summed E-state index contributed by atoms with van der Waals surface area (Å²) >= 11 is 0. The summed E-state index contributed by atoms with van der Waals surface area (Å²) in [6.45, 7) is 6.77. The second-order valence-corrected chi connectivity index (χ2v) is 7.55. The molecule has 9 heavy (non-hydrogen) atoms. The lowest BCUT2D eigenvalue weighted by Gasteiger charge is -2.32. The molecule has 0 radical (unpaired) electrons. The molecule has 0 aromatic heterocycles. The molecule has 0 aromatic carbocycles. The summed E-state index contributed by atoms with van der Waals surface area (Å²) in [4.78, 5) is 6.92. The van der Waals surface area contributed by atoms with Crippen molar-refractivity contribution in [2.45, 2.75) is 26.2 Å². The Bertz CT molecular complexity index is 74.8. The average Bonchev–Trinajstić information content (AvgIpc) is 1.59. The van der Waals surface area contributed by atoms with E-state index in [1.54, 1.807) is 0 Å². The zero-order valence-electron chi connectivity index (χ0n) is 6.23. The Morgan fingerprint density at radius 1 is 1.11 bits per heavy atom. The molecule has 1 heterocycles. The van der Waals surface area contributed by atoms with Gasteiger partial charge in [0.15, 0.2) is 18.2 Å².